The molecule has 0 radical (unpaired) electrons. The molecule has 0 spiro atoms. The molecule has 0 aromatic carbocycles. The SMILES string of the molecule is COC(=O)CCN(CC(F)(F)F)C(=O)C(C)(C)C(C)(C)N. The molecule has 8 heteroatoms. The number of carbonyl (C=O) groups excluding carboxylic acids is 2. The summed E-state index contributed by atoms with van der Waals surface area (Å²) in [5.41, 5.74) is 3.65. The van der Waals surface area contributed by atoms with Crippen LogP contribution in [0.4, 0.5) is 13.2 Å². The highest BCUT2D eigenvalue weighted by molar-refractivity contribution is 5.84. The van der Waals surface area contributed by atoms with Gasteiger partial charge in [0.15, 0.2) is 0 Å². The van der Waals surface area contributed by atoms with Gasteiger partial charge in [0.25, 0.3) is 0 Å². The van der Waals surface area contributed by atoms with Crippen LogP contribution in [-0.4, -0.2) is 48.7 Å². The standard InChI is InChI=1S/C13H23F3N2O3/c1-11(2,12(3,4)17)10(20)18(8-13(14,15)16)7-6-9(19)21-5/h6-8,17H2,1-5H3. The summed E-state index contributed by atoms with van der Waals surface area (Å²) in [6.07, 6.45) is -4.86. The van der Waals surface area contributed by atoms with E-state index in [1.807, 2.05) is 0 Å². The van der Waals surface area contributed by atoms with Crippen molar-refractivity contribution < 1.29 is 27.5 Å². The van der Waals surface area contributed by atoms with Crippen molar-refractivity contribution in [2.75, 3.05) is 20.2 Å². The van der Waals surface area contributed by atoms with Gasteiger partial charge in [0.2, 0.25) is 5.91 Å². The van der Waals surface area contributed by atoms with Crippen LogP contribution < -0.4 is 5.73 Å². The highest BCUT2D eigenvalue weighted by atomic mass is 19.4. The maximum absolute atomic E-state index is 12.6. The molecule has 0 bridgehead atoms. The molecule has 0 rings (SSSR count). The molecule has 0 aliphatic carbocycles. The predicted molar refractivity (Wildman–Crippen MR) is 71.3 cm³/mol. The normalized spacial score (nSPS) is 13.0. The van der Waals surface area contributed by atoms with Crippen LogP contribution in [0.25, 0.3) is 0 Å². The number of hydrogen-bond acceptors (Lipinski definition) is 4. The van der Waals surface area contributed by atoms with Gasteiger partial charge in [-0.2, -0.15) is 13.2 Å². The Morgan fingerprint density at radius 1 is 1.14 bits per heavy atom. The van der Waals surface area contributed by atoms with Crippen molar-refractivity contribution in [1.29, 1.82) is 0 Å². The smallest absolute Gasteiger partial charge is 0.406 e. The molecular weight excluding hydrogens is 289 g/mol. The third-order valence-electron chi connectivity index (χ3n) is 3.62. The van der Waals surface area contributed by atoms with Gasteiger partial charge in [-0.15, -0.1) is 0 Å². The van der Waals surface area contributed by atoms with Gasteiger partial charge in [-0.1, -0.05) is 0 Å². The number of nitrogens with zero attached hydrogens (tertiary/aromatic N) is 1. The number of amides is 1. The molecule has 0 heterocycles. The number of methoxy groups -OCH3 is 1. The first-order valence-electron chi connectivity index (χ1n) is 6.44. The van der Waals surface area contributed by atoms with E-state index in [1.165, 1.54) is 13.8 Å². The molecule has 2 N–H and O–H groups in total. The Balaban J connectivity index is 5.20. The molecule has 124 valence electrons. The number of alkyl halides is 3. The lowest BCUT2D eigenvalue weighted by Crippen LogP contribution is -2.57. The van der Waals surface area contributed by atoms with Crippen LogP contribution in [-0.2, 0) is 14.3 Å². The van der Waals surface area contributed by atoms with Crippen LogP contribution in [0.1, 0.15) is 34.1 Å². The topological polar surface area (TPSA) is 72.6 Å². The van der Waals surface area contributed by atoms with E-state index in [9.17, 15) is 22.8 Å². The molecule has 1 amide bonds. The molecule has 0 saturated carbocycles. The van der Waals surface area contributed by atoms with Crippen molar-refractivity contribution in [2.45, 2.75) is 45.8 Å². The Labute approximate surface area is 122 Å². The van der Waals surface area contributed by atoms with Crippen molar-refractivity contribution >= 4 is 11.9 Å². The van der Waals surface area contributed by atoms with Crippen LogP contribution in [0.2, 0.25) is 0 Å². The number of halogens is 3. The Hall–Kier alpha value is -1.31. The van der Waals surface area contributed by atoms with Gasteiger partial charge in [-0.3, -0.25) is 9.59 Å². The van der Waals surface area contributed by atoms with E-state index in [0.717, 1.165) is 7.11 Å². The number of hydrogen-bond donors (Lipinski definition) is 1. The number of ether oxygens (including phenoxy) is 1. The van der Waals surface area contributed by atoms with Gasteiger partial charge >= 0.3 is 12.1 Å². The van der Waals surface area contributed by atoms with E-state index in [4.69, 9.17) is 5.73 Å². The van der Waals surface area contributed by atoms with Crippen LogP contribution in [0.5, 0.6) is 0 Å². The van der Waals surface area contributed by atoms with Gasteiger partial charge in [0.1, 0.15) is 6.54 Å². The average molecular weight is 312 g/mol. The van der Waals surface area contributed by atoms with E-state index in [1.54, 1.807) is 13.8 Å². The van der Waals surface area contributed by atoms with Crippen LogP contribution >= 0.6 is 0 Å². The molecule has 0 saturated heterocycles. The summed E-state index contributed by atoms with van der Waals surface area (Å²) in [7, 11) is 1.13. The second-order valence-electron chi connectivity index (χ2n) is 6.01. The Morgan fingerprint density at radius 2 is 1.62 bits per heavy atom. The second-order valence-corrected chi connectivity index (χ2v) is 6.01. The first kappa shape index (κ1) is 19.7. The molecule has 0 aliphatic rings. The van der Waals surface area contributed by atoms with Crippen LogP contribution in [0.15, 0.2) is 0 Å². The minimum absolute atomic E-state index is 0.306. The van der Waals surface area contributed by atoms with Crippen LogP contribution in [0, 0.1) is 5.41 Å². The van der Waals surface area contributed by atoms with Crippen LogP contribution in [0.3, 0.4) is 0 Å². The summed E-state index contributed by atoms with van der Waals surface area (Å²) in [6, 6.07) is 0. The lowest BCUT2D eigenvalue weighted by atomic mass is 9.74. The average Bonchev–Trinajstić information content (AvgIpc) is 2.30. The third kappa shape index (κ3) is 5.91. The van der Waals surface area contributed by atoms with Gasteiger partial charge in [0, 0.05) is 12.1 Å². The van der Waals surface area contributed by atoms with Crippen molar-refractivity contribution in [2.24, 2.45) is 11.1 Å². The van der Waals surface area contributed by atoms with E-state index >= 15 is 0 Å². The molecule has 0 atom stereocenters. The summed E-state index contributed by atoms with van der Waals surface area (Å²) in [5, 5.41) is 0. The summed E-state index contributed by atoms with van der Waals surface area (Å²) < 4.78 is 42.2. The first-order valence-corrected chi connectivity index (χ1v) is 6.44. The third-order valence-corrected chi connectivity index (χ3v) is 3.62. The zero-order valence-electron chi connectivity index (χ0n) is 13.0. The highest BCUT2D eigenvalue weighted by Gasteiger charge is 2.45. The Morgan fingerprint density at radius 3 is 1.95 bits per heavy atom. The monoisotopic (exact) mass is 312 g/mol. The fourth-order valence-corrected chi connectivity index (χ4v) is 1.47. The zero-order chi connectivity index (χ0) is 17.1. The number of esters is 1. The second kappa shape index (κ2) is 6.64. The van der Waals surface area contributed by atoms with Crippen molar-refractivity contribution in [3.63, 3.8) is 0 Å². The first-order chi connectivity index (χ1) is 9.22. The molecule has 21 heavy (non-hydrogen) atoms. The number of carbonyl (C=O) groups is 2. The van der Waals surface area contributed by atoms with Crippen molar-refractivity contribution in [3.8, 4) is 0 Å². The molecule has 5 nitrogen and oxygen atoms in total. The fourth-order valence-electron chi connectivity index (χ4n) is 1.47. The van der Waals surface area contributed by atoms with Gasteiger partial charge in [-0.25, -0.2) is 0 Å². The van der Waals surface area contributed by atoms with Gasteiger partial charge in [0.05, 0.1) is 18.9 Å². The molecular formula is C13H23F3N2O3. The quantitative estimate of drug-likeness (QED) is 0.758. The Kier molecular flexibility index (Phi) is 6.22. The zero-order valence-corrected chi connectivity index (χ0v) is 13.0. The Bertz CT molecular complexity index is 387. The highest BCUT2D eigenvalue weighted by Crippen LogP contribution is 2.32. The van der Waals surface area contributed by atoms with Crippen molar-refractivity contribution in [1.82, 2.24) is 4.90 Å². The lowest BCUT2D eigenvalue weighted by molar-refractivity contribution is -0.169. The molecule has 0 aromatic rings. The van der Waals surface area contributed by atoms with E-state index in [-0.39, 0.29) is 13.0 Å². The minimum Gasteiger partial charge on any atom is -0.469 e. The maximum Gasteiger partial charge on any atom is 0.406 e. The largest absolute Gasteiger partial charge is 0.469 e. The minimum atomic E-state index is -4.55. The summed E-state index contributed by atoms with van der Waals surface area (Å²) in [4.78, 5) is 24.1. The predicted octanol–water partition coefficient (Wildman–Crippen LogP) is 1.70. The number of nitrogens with two attached hydrogens (primary N) is 1. The maximum atomic E-state index is 12.6. The van der Waals surface area contributed by atoms with E-state index in [2.05, 4.69) is 4.74 Å². The van der Waals surface area contributed by atoms with Gasteiger partial charge in [-0.05, 0) is 27.7 Å². The van der Waals surface area contributed by atoms with E-state index < -0.39 is 35.6 Å². The van der Waals surface area contributed by atoms with Crippen molar-refractivity contribution in [3.05, 3.63) is 0 Å². The summed E-state index contributed by atoms with van der Waals surface area (Å²) in [6.45, 7) is 4.30. The van der Waals surface area contributed by atoms with E-state index in [0.29, 0.717) is 4.90 Å². The molecule has 0 unspecified atom stereocenters. The molecule has 0 aromatic heterocycles. The molecule has 0 fully saturated rings. The fraction of sp³-hybridized carbons (Fsp3) is 0.846. The summed E-state index contributed by atoms with van der Waals surface area (Å²) >= 11 is 0. The lowest BCUT2D eigenvalue weighted by Gasteiger charge is -2.40. The number of rotatable bonds is 6. The molecule has 0 aliphatic heterocycles. The summed E-state index contributed by atoms with van der Waals surface area (Å²) in [5.74, 6) is -1.43. The van der Waals surface area contributed by atoms with Gasteiger partial charge < -0.3 is 15.4 Å².